The maximum Gasteiger partial charge on any atom is 0.341 e. The van der Waals surface area contributed by atoms with Gasteiger partial charge in [0.25, 0.3) is 0 Å². The molecule has 160 valence electrons. The highest BCUT2D eigenvalue weighted by molar-refractivity contribution is 7.19. The minimum atomic E-state index is -0.800. The molecule has 10 nitrogen and oxygen atoms in total. The van der Waals surface area contributed by atoms with Gasteiger partial charge in [0, 0.05) is 32.5 Å². The molecule has 2 aromatic rings. The van der Waals surface area contributed by atoms with Crippen LogP contribution >= 0.6 is 11.3 Å². The van der Waals surface area contributed by atoms with E-state index in [0.717, 1.165) is 29.9 Å². The summed E-state index contributed by atoms with van der Waals surface area (Å²) >= 11 is 1.02. The van der Waals surface area contributed by atoms with E-state index in [0.29, 0.717) is 29.5 Å². The largest absolute Gasteiger partial charge is 0.481 e. The first-order valence-corrected chi connectivity index (χ1v) is 10.2. The predicted molar refractivity (Wildman–Crippen MR) is 114 cm³/mol. The van der Waals surface area contributed by atoms with Gasteiger partial charge in [-0.25, -0.2) is 9.78 Å². The summed E-state index contributed by atoms with van der Waals surface area (Å²) in [6, 6.07) is 4.97. The van der Waals surface area contributed by atoms with Crippen molar-refractivity contribution in [3.8, 4) is 0 Å². The number of carbonyl (C=O) groups is 3. The normalized spacial score (nSPS) is 10.3. The van der Waals surface area contributed by atoms with Crippen LogP contribution in [-0.2, 0) is 9.59 Å². The monoisotopic (exact) mass is 434 g/mol. The first-order valence-electron chi connectivity index (χ1n) is 9.35. The lowest BCUT2D eigenvalue weighted by Crippen LogP contribution is -2.20. The molecule has 0 atom stereocenters. The first kappa shape index (κ1) is 22.9. The number of nitrogens with zero attached hydrogens (tertiary/aromatic N) is 1. The number of rotatable bonds is 11. The van der Waals surface area contributed by atoms with Crippen molar-refractivity contribution in [3.63, 3.8) is 0 Å². The van der Waals surface area contributed by atoms with Gasteiger partial charge in [-0.15, -0.1) is 4.91 Å². The lowest BCUT2D eigenvalue weighted by atomic mass is 10.1. The standard InChI is InChI=1S/C19H23N5O5S/c1-11-18(24-29)30-19(21-11)23-17(28)14-8-7-13(10-15(14)22-12(2)25)20-9-5-3-4-6-16(26)27/h7-8,10,20H,3-6,9H2,1-2H3,(H,22,25)(H,26,27)(H,21,23,28)/p+1. The SMILES string of the molecule is CC(=O)Nc1cc(NCCCCCC(=O)O)ccc1C(=O)Nc1[nH+]c(C)c(N=O)s1. The third-order valence-electron chi connectivity index (χ3n) is 4.10. The summed E-state index contributed by atoms with van der Waals surface area (Å²) in [5, 5.41) is 20.7. The number of H-pyrrole nitrogens is 1. The van der Waals surface area contributed by atoms with Crippen molar-refractivity contribution in [2.75, 3.05) is 22.5 Å². The molecule has 0 spiro atoms. The van der Waals surface area contributed by atoms with Crippen molar-refractivity contribution in [3.05, 3.63) is 34.4 Å². The number of benzene rings is 1. The van der Waals surface area contributed by atoms with Crippen LogP contribution in [0.1, 0.15) is 48.7 Å². The Morgan fingerprint density at radius 1 is 1.17 bits per heavy atom. The number of hydrogen-bond acceptors (Lipinski definition) is 7. The van der Waals surface area contributed by atoms with Crippen molar-refractivity contribution in [2.24, 2.45) is 5.18 Å². The van der Waals surface area contributed by atoms with Crippen molar-refractivity contribution in [2.45, 2.75) is 39.5 Å². The molecular weight excluding hydrogens is 410 g/mol. The molecule has 0 unspecified atom stereocenters. The van der Waals surface area contributed by atoms with Crippen LogP contribution in [-0.4, -0.2) is 29.4 Å². The Hall–Kier alpha value is -3.34. The van der Waals surface area contributed by atoms with E-state index in [4.69, 9.17) is 5.11 Å². The van der Waals surface area contributed by atoms with Crippen molar-refractivity contribution < 1.29 is 24.5 Å². The second-order valence-electron chi connectivity index (χ2n) is 6.60. The van der Waals surface area contributed by atoms with Crippen LogP contribution < -0.4 is 20.9 Å². The van der Waals surface area contributed by atoms with Crippen LogP contribution in [0, 0.1) is 11.8 Å². The molecule has 1 heterocycles. The minimum absolute atomic E-state index is 0.155. The molecule has 0 aliphatic carbocycles. The van der Waals surface area contributed by atoms with Gasteiger partial charge in [0.1, 0.15) is 5.69 Å². The Labute approximate surface area is 177 Å². The number of unbranched alkanes of at least 4 members (excludes halogenated alkanes) is 2. The molecular formula is C19H24N5O5S+. The fourth-order valence-electron chi connectivity index (χ4n) is 2.69. The number of hydrogen-bond donors (Lipinski definition) is 4. The quantitative estimate of drug-likeness (QED) is 0.314. The Kier molecular flexibility index (Phi) is 8.41. The van der Waals surface area contributed by atoms with E-state index in [2.05, 4.69) is 26.1 Å². The molecule has 0 bridgehead atoms. The van der Waals surface area contributed by atoms with Crippen molar-refractivity contribution >= 4 is 50.6 Å². The number of carboxylic acids is 1. The molecule has 11 heteroatoms. The number of nitroso groups, excluding NO2 is 1. The average Bonchev–Trinajstić information content (AvgIpc) is 3.03. The Morgan fingerprint density at radius 3 is 2.57 bits per heavy atom. The van der Waals surface area contributed by atoms with E-state index in [1.807, 2.05) is 0 Å². The number of thiazole rings is 1. The van der Waals surface area contributed by atoms with E-state index in [9.17, 15) is 19.3 Å². The number of carbonyl (C=O) groups excluding carboxylic acids is 2. The highest BCUT2D eigenvalue weighted by Crippen LogP contribution is 2.28. The van der Waals surface area contributed by atoms with Crippen LogP contribution in [0.4, 0.5) is 21.5 Å². The topological polar surface area (TPSA) is 151 Å². The summed E-state index contributed by atoms with van der Waals surface area (Å²) in [5.41, 5.74) is 1.88. The summed E-state index contributed by atoms with van der Waals surface area (Å²) in [6.45, 7) is 3.66. The van der Waals surface area contributed by atoms with Crippen LogP contribution in [0.5, 0.6) is 0 Å². The molecule has 30 heavy (non-hydrogen) atoms. The van der Waals surface area contributed by atoms with Gasteiger partial charge in [0.15, 0.2) is 0 Å². The number of anilines is 3. The minimum Gasteiger partial charge on any atom is -0.481 e. The number of aromatic nitrogens is 1. The second kappa shape index (κ2) is 11.0. The molecule has 0 saturated heterocycles. The smallest absolute Gasteiger partial charge is 0.341 e. The number of amides is 2. The van der Waals surface area contributed by atoms with E-state index in [-0.39, 0.29) is 22.9 Å². The lowest BCUT2D eigenvalue weighted by molar-refractivity contribution is -0.363. The summed E-state index contributed by atoms with van der Waals surface area (Å²) in [7, 11) is 0. The molecule has 0 aliphatic heterocycles. The molecule has 2 amide bonds. The third-order valence-corrected chi connectivity index (χ3v) is 5.08. The van der Waals surface area contributed by atoms with E-state index < -0.39 is 11.9 Å². The van der Waals surface area contributed by atoms with E-state index >= 15 is 0 Å². The van der Waals surface area contributed by atoms with Gasteiger partial charge in [-0.05, 0) is 47.6 Å². The molecule has 0 radical (unpaired) electrons. The Balaban J connectivity index is 2.05. The molecule has 0 aliphatic rings. The zero-order valence-corrected chi connectivity index (χ0v) is 17.5. The Morgan fingerprint density at radius 2 is 1.93 bits per heavy atom. The predicted octanol–water partition coefficient (Wildman–Crippen LogP) is 3.54. The van der Waals surface area contributed by atoms with Crippen molar-refractivity contribution in [1.82, 2.24) is 0 Å². The number of aromatic amines is 1. The highest BCUT2D eigenvalue weighted by Gasteiger charge is 2.21. The fraction of sp³-hybridized carbons (Fsp3) is 0.368. The first-order chi connectivity index (χ1) is 14.3. The second-order valence-corrected chi connectivity index (χ2v) is 7.60. The van der Waals surface area contributed by atoms with Gasteiger partial charge in [0.05, 0.1) is 11.3 Å². The number of carboxylic acid groups (broad SMARTS) is 1. The summed E-state index contributed by atoms with van der Waals surface area (Å²) in [6.07, 6.45) is 2.36. The zero-order chi connectivity index (χ0) is 22.1. The third kappa shape index (κ3) is 6.92. The molecule has 1 aromatic heterocycles. The van der Waals surface area contributed by atoms with Gasteiger partial charge in [-0.3, -0.25) is 9.59 Å². The maximum absolute atomic E-state index is 12.7. The molecule has 1 aromatic carbocycles. The van der Waals surface area contributed by atoms with Gasteiger partial charge in [-0.2, -0.15) is 5.32 Å². The van der Waals surface area contributed by atoms with Gasteiger partial charge in [0.2, 0.25) is 10.9 Å². The molecule has 5 N–H and O–H groups in total. The number of nitrogens with one attached hydrogen (secondary N) is 4. The number of aryl methyl sites for hydroxylation is 1. The summed E-state index contributed by atoms with van der Waals surface area (Å²) < 4.78 is 0. The van der Waals surface area contributed by atoms with Gasteiger partial charge < -0.3 is 15.7 Å². The van der Waals surface area contributed by atoms with E-state index in [1.54, 1.807) is 25.1 Å². The van der Waals surface area contributed by atoms with Gasteiger partial charge in [-0.1, -0.05) is 6.42 Å². The summed E-state index contributed by atoms with van der Waals surface area (Å²) in [4.78, 5) is 48.4. The molecule has 0 saturated carbocycles. The van der Waals surface area contributed by atoms with Crippen LogP contribution in [0.15, 0.2) is 23.4 Å². The summed E-state index contributed by atoms with van der Waals surface area (Å²) in [5.74, 6) is -1.57. The number of aliphatic carboxylic acids is 1. The zero-order valence-electron chi connectivity index (χ0n) is 16.7. The highest BCUT2D eigenvalue weighted by atomic mass is 32.1. The lowest BCUT2D eigenvalue weighted by Gasteiger charge is -2.11. The van der Waals surface area contributed by atoms with Crippen molar-refractivity contribution in [1.29, 1.82) is 0 Å². The maximum atomic E-state index is 12.7. The van der Waals surface area contributed by atoms with Crippen LogP contribution in [0.3, 0.4) is 0 Å². The van der Waals surface area contributed by atoms with Gasteiger partial charge >= 0.3 is 17.0 Å². The molecule has 2 rings (SSSR count). The van der Waals surface area contributed by atoms with E-state index in [1.165, 1.54) is 6.92 Å². The fourth-order valence-corrected chi connectivity index (χ4v) is 3.48. The molecule has 0 fully saturated rings. The average molecular weight is 434 g/mol. The Bertz CT molecular complexity index is 943. The van der Waals surface area contributed by atoms with Crippen LogP contribution in [0.2, 0.25) is 0 Å². The van der Waals surface area contributed by atoms with Crippen LogP contribution in [0.25, 0.3) is 0 Å².